The molecule has 1 heterocycles. The van der Waals surface area contributed by atoms with Gasteiger partial charge in [-0.3, -0.25) is 9.59 Å². The van der Waals surface area contributed by atoms with Gasteiger partial charge in [0, 0.05) is 19.3 Å². The Kier molecular flexibility index (Phi) is 4.33. The van der Waals surface area contributed by atoms with Gasteiger partial charge in [0.15, 0.2) is 0 Å². The van der Waals surface area contributed by atoms with E-state index in [1.165, 1.54) is 12.1 Å². The van der Waals surface area contributed by atoms with Gasteiger partial charge in [-0.2, -0.15) is 0 Å². The Balaban J connectivity index is 1.67. The minimum Gasteiger partial charge on any atom is -0.352 e. The summed E-state index contributed by atoms with van der Waals surface area (Å²) in [7, 11) is 1.78. The summed E-state index contributed by atoms with van der Waals surface area (Å²) in [6, 6.07) is 11.7. The minimum absolute atomic E-state index is 0.0694. The highest BCUT2D eigenvalue weighted by molar-refractivity contribution is 6.07. The summed E-state index contributed by atoms with van der Waals surface area (Å²) in [6.07, 6.45) is 0.206. The van der Waals surface area contributed by atoms with Crippen molar-refractivity contribution in [3.63, 3.8) is 0 Å². The van der Waals surface area contributed by atoms with E-state index in [9.17, 15) is 14.0 Å². The number of hydrogen-bond donors (Lipinski definition) is 1. The van der Waals surface area contributed by atoms with Crippen molar-refractivity contribution in [3.05, 3.63) is 65.0 Å². The van der Waals surface area contributed by atoms with Crippen molar-refractivity contribution in [1.82, 2.24) is 5.32 Å². The lowest BCUT2D eigenvalue weighted by Gasteiger charge is -2.16. The van der Waals surface area contributed by atoms with Crippen molar-refractivity contribution >= 4 is 17.5 Å². The van der Waals surface area contributed by atoms with Crippen LogP contribution in [0.3, 0.4) is 0 Å². The van der Waals surface area contributed by atoms with E-state index in [-0.39, 0.29) is 24.1 Å². The summed E-state index contributed by atoms with van der Waals surface area (Å²) in [6.45, 7) is 4.21. The SMILES string of the molecule is CN1C(=O)C(C)(C)c2cc(CNC(=O)Cc3ccc(F)cc3)ccc21. The first kappa shape index (κ1) is 17.1. The van der Waals surface area contributed by atoms with Gasteiger partial charge in [0.05, 0.1) is 11.8 Å². The van der Waals surface area contributed by atoms with Crippen molar-refractivity contribution in [3.8, 4) is 0 Å². The number of anilines is 1. The number of rotatable bonds is 4. The summed E-state index contributed by atoms with van der Waals surface area (Å²) < 4.78 is 12.9. The molecule has 0 bridgehead atoms. The molecule has 0 spiro atoms. The topological polar surface area (TPSA) is 49.4 Å². The summed E-state index contributed by atoms with van der Waals surface area (Å²) in [5.41, 5.74) is 3.04. The predicted molar refractivity (Wildman–Crippen MR) is 94.8 cm³/mol. The Hall–Kier alpha value is -2.69. The van der Waals surface area contributed by atoms with Crippen LogP contribution in [-0.4, -0.2) is 18.9 Å². The van der Waals surface area contributed by atoms with E-state index in [1.807, 2.05) is 32.0 Å². The van der Waals surface area contributed by atoms with Crippen LogP contribution in [-0.2, 0) is 28.0 Å². The zero-order valence-corrected chi connectivity index (χ0v) is 14.6. The van der Waals surface area contributed by atoms with Gasteiger partial charge in [-0.1, -0.05) is 24.3 Å². The fourth-order valence-electron chi connectivity index (χ4n) is 3.18. The van der Waals surface area contributed by atoms with Gasteiger partial charge in [-0.05, 0) is 48.7 Å². The van der Waals surface area contributed by atoms with E-state index >= 15 is 0 Å². The maximum atomic E-state index is 12.9. The first-order valence-electron chi connectivity index (χ1n) is 8.22. The second-order valence-electron chi connectivity index (χ2n) is 6.92. The minimum atomic E-state index is -0.557. The number of hydrogen-bond acceptors (Lipinski definition) is 2. The van der Waals surface area contributed by atoms with Crippen LogP contribution < -0.4 is 10.2 Å². The van der Waals surface area contributed by atoms with Crippen molar-refractivity contribution < 1.29 is 14.0 Å². The molecule has 0 fully saturated rings. The zero-order valence-electron chi connectivity index (χ0n) is 14.6. The summed E-state index contributed by atoms with van der Waals surface area (Å²) >= 11 is 0. The van der Waals surface area contributed by atoms with Gasteiger partial charge in [-0.15, -0.1) is 0 Å². The molecular weight excluding hydrogens is 319 g/mol. The maximum Gasteiger partial charge on any atom is 0.236 e. The number of nitrogens with zero attached hydrogens (tertiary/aromatic N) is 1. The standard InChI is InChI=1S/C20H21FN2O2/c1-20(2)16-10-14(6-9-17(16)23(3)19(20)25)12-22-18(24)11-13-4-7-15(21)8-5-13/h4-10H,11-12H2,1-3H3,(H,22,24). The molecule has 2 aromatic rings. The van der Waals surface area contributed by atoms with E-state index in [0.29, 0.717) is 6.54 Å². The molecule has 4 nitrogen and oxygen atoms in total. The highest BCUT2D eigenvalue weighted by Gasteiger charge is 2.42. The first-order valence-corrected chi connectivity index (χ1v) is 8.22. The molecule has 2 aromatic carbocycles. The number of carbonyl (C=O) groups excluding carboxylic acids is 2. The van der Waals surface area contributed by atoms with Gasteiger partial charge in [0.2, 0.25) is 11.8 Å². The van der Waals surface area contributed by atoms with Crippen LogP contribution in [0.25, 0.3) is 0 Å². The van der Waals surface area contributed by atoms with Crippen molar-refractivity contribution in [2.75, 3.05) is 11.9 Å². The summed E-state index contributed by atoms with van der Waals surface area (Å²) in [4.78, 5) is 26.1. The van der Waals surface area contributed by atoms with Crippen LogP contribution in [0.2, 0.25) is 0 Å². The van der Waals surface area contributed by atoms with E-state index < -0.39 is 5.41 Å². The third-order valence-corrected chi connectivity index (χ3v) is 4.70. The lowest BCUT2D eigenvalue weighted by molar-refractivity contribution is -0.122. The average molecular weight is 340 g/mol. The quantitative estimate of drug-likeness (QED) is 0.930. The summed E-state index contributed by atoms with van der Waals surface area (Å²) in [5.74, 6) is -0.371. The fraction of sp³-hybridized carbons (Fsp3) is 0.300. The Morgan fingerprint density at radius 2 is 1.76 bits per heavy atom. The van der Waals surface area contributed by atoms with Crippen LogP contribution in [0.15, 0.2) is 42.5 Å². The molecule has 0 unspecified atom stereocenters. The summed E-state index contributed by atoms with van der Waals surface area (Å²) in [5, 5.41) is 2.87. The molecule has 1 aliphatic heterocycles. The van der Waals surface area contributed by atoms with Crippen molar-refractivity contribution in [1.29, 1.82) is 0 Å². The molecule has 1 N–H and O–H groups in total. The molecule has 5 heteroatoms. The Bertz CT molecular complexity index is 828. The lowest BCUT2D eigenvalue weighted by atomic mass is 9.85. The molecule has 2 amide bonds. The van der Waals surface area contributed by atoms with E-state index in [1.54, 1.807) is 24.1 Å². The average Bonchev–Trinajstić information content (AvgIpc) is 2.76. The van der Waals surface area contributed by atoms with E-state index in [2.05, 4.69) is 5.32 Å². The molecule has 0 aromatic heterocycles. The van der Waals surface area contributed by atoms with Crippen molar-refractivity contribution in [2.45, 2.75) is 32.2 Å². The van der Waals surface area contributed by atoms with Gasteiger partial charge in [-0.25, -0.2) is 4.39 Å². The molecule has 0 radical (unpaired) electrons. The molecule has 1 aliphatic rings. The van der Waals surface area contributed by atoms with E-state index in [0.717, 1.165) is 22.4 Å². The largest absolute Gasteiger partial charge is 0.352 e. The van der Waals surface area contributed by atoms with Crippen LogP contribution >= 0.6 is 0 Å². The number of likely N-dealkylation sites (N-methyl/N-ethyl adjacent to an activating group) is 1. The third-order valence-electron chi connectivity index (χ3n) is 4.70. The Labute approximate surface area is 146 Å². The van der Waals surface area contributed by atoms with Crippen LogP contribution in [0.5, 0.6) is 0 Å². The normalized spacial score (nSPS) is 15.2. The molecular formula is C20H21FN2O2. The molecule has 0 saturated carbocycles. The second kappa shape index (κ2) is 6.31. The van der Waals surface area contributed by atoms with Crippen molar-refractivity contribution in [2.24, 2.45) is 0 Å². The van der Waals surface area contributed by atoms with Crippen LogP contribution in [0, 0.1) is 5.82 Å². The van der Waals surface area contributed by atoms with Gasteiger partial charge < -0.3 is 10.2 Å². The molecule has 25 heavy (non-hydrogen) atoms. The number of amides is 2. The van der Waals surface area contributed by atoms with Crippen LogP contribution in [0.1, 0.15) is 30.5 Å². The number of carbonyl (C=O) groups is 2. The predicted octanol–water partition coefficient (Wildman–Crippen LogP) is 2.94. The second-order valence-corrected chi connectivity index (χ2v) is 6.92. The molecule has 0 atom stereocenters. The Morgan fingerprint density at radius 1 is 1.12 bits per heavy atom. The zero-order chi connectivity index (χ0) is 18.2. The molecule has 0 saturated heterocycles. The van der Waals surface area contributed by atoms with Crippen LogP contribution in [0.4, 0.5) is 10.1 Å². The number of fused-ring (bicyclic) bond motifs is 1. The highest BCUT2D eigenvalue weighted by atomic mass is 19.1. The number of benzene rings is 2. The van der Waals surface area contributed by atoms with Gasteiger partial charge >= 0.3 is 0 Å². The monoisotopic (exact) mass is 340 g/mol. The van der Waals surface area contributed by atoms with Gasteiger partial charge in [0.1, 0.15) is 5.82 Å². The smallest absolute Gasteiger partial charge is 0.236 e. The lowest BCUT2D eigenvalue weighted by Crippen LogP contribution is -2.33. The first-order chi connectivity index (χ1) is 11.8. The van der Waals surface area contributed by atoms with E-state index in [4.69, 9.17) is 0 Å². The third kappa shape index (κ3) is 3.27. The van der Waals surface area contributed by atoms with Gasteiger partial charge in [0.25, 0.3) is 0 Å². The number of nitrogens with one attached hydrogen (secondary N) is 1. The molecule has 130 valence electrons. The molecule has 3 rings (SSSR count). The fourth-order valence-corrected chi connectivity index (χ4v) is 3.18. The molecule has 0 aliphatic carbocycles. The maximum absolute atomic E-state index is 12.9. The highest BCUT2D eigenvalue weighted by Crippen LogP contribution is 2.40. The Morgan fingerprint density at radius 3 is 2.44 bits per heavy atom. The number of halogens is 1.